The maximum Gasteiger partial charge on any atom is 0.0681 e. The van der Waals surface area contributed by atoms with Crippen molar-refractivity contribution in [3.05, 3.63) is 35.4 Å². The summed E-state index contributed by atoms with van der Waals surface area (Å²) in [5.41, 5.74) is 2.48. The number of nitrogens with zero attached hydrogens (tertiary/aromatic N) is 1. The third-order valence-corrected chi connectivity index (χ3v) is 4.25. The van der Waals surface area contributed by atoms with Crippen LogP contribution in [0.4, 0.5) is 0 Å². The van der Waals surface area contributed by atoms with Gasteiger partial charge < -0.3 is 10.0 Å². The summed E-state index contributed by atoms with van der Waals surface area (Å²) in [5.74, 6) is 1.63. The zero-order chi connectivity index (χ0) is 11.0. The van der Waals surface area contributed by atoms with E-state index in [0.29, 0.717) is 0 Å². The molecule has 2 nitrogen and oxygen atoms in total. The molecular weight excluding hydrogens is 198 g/mol. The number of piperidine rings is 3. The molecule has 1 aromatic rings. The molecule has 0 radical (unpaired) electrons. The van der Waals surface area contributed by atoms with E-state index in [-0.39, 0.29) is 6.61 Å². The average Bonchev–Trinajstić information content (AvgIpc) is 2.40. The van der Waals surface area contributed by atoms with Crippen molar-refractivity contribution >= 4 is 0 Å². The summed E-state index contributed by atoms with van der Waals surface area (Å²) in [7, 11) is 0. The summed E-state index contributed by atoms with van der Waals surface area (Å²) in [6, 6.07) is 8.54. The predicted molar refractivity (Wildman–Crippen MR) is 64.3 cm³/mol. The number of rotatable bonds is 2. The largest absolute Gasteiger partial charge is 0.392 e. The standard InChI is InChI=1S/C14H19NO/c16-10-11-1-3-12(4-2-11)14-9-15-7-5-13(14)6-8-15/h1-4,13-14,16H,5-10H2. The summed E-state index contributed by atoms with van der Waals surface area (Å²) in [6.45, 7) is 4.00. The predicted octanol–water partition coefficient (Wildman–Crippen LogP) is 1.99. The van der Waals surface area contributed by atoms with Crippen LogP contribution in [0, 0.1) is 5.92 Å². The SMILES string of the molecule is OCc1ccc(C2CN3CCC2CC3)cc1. The summed E-state index contributed by atoms with van der Waals surface area (Å²) < 4.78 is 0. The molecule has 3 aliphatic rings. The quantitative estimate of drug-likeness (QED) is 0.819. The molecule has 1 atom stereocenters. The van der Waals surface area contributed by atoms with Gasteiger partial charge in [0.05, 0.1) is 6.61 Å². The average molecular weight is 217 g/mol. The van der Waals surface area contributed by atoms with E-state index in [1.165, 1.54) is 38.0 Å². The van der Waals surface area contributed by atoms with E-state index in [1.54, 1.807) is 0 Å². The Bertz CT molecular complexity index is 352. The van der Waals surface area contributed by atoms with Crippen LogP contribution in [0.1, 0.15) is 29.9 Å². The van der Waals surface area contributed by atoms with Gasteiger partial charge in [-0.2, -0.15) is 0 Å². The van der Waals surface area contributed by atoms with Crippen LogP contribution in [0.25, 0.3) is 0 Å². The normalized spacial score (nSPS) is 32.9. The molecule has 16 heavy (non-hydrogen) atoms. The van der Waals surface area contributed by atoms with Crippen molar-refractivity contribution < 1.29 is 5.11 Å². The Kier molecular flexibility index (Phi) is 2.70. The first-order chi connectivity index (χ1) is 7.86. The summed E-state index contributed by atoms with van der Waals surface area (Å²) in [4.78, 5) is 2.59. The van der Waals surface area contributed by atoms with E-state index in [9.17, 15) is 0 Å². The number of aliphatic hydroxyl groups excluding tert-OH is 1. The van der Waals surface area contributed by atoms with Gasteiger partial charge in [-0.3, -0.25) is 0 Å². The Morgan fingerprint density at radius 2 is 1.81 bits per heavy atom. The highest BCUT2D eigenvalue weighted by Crippen LogP contribution is 2.38. The molecule has 4 rings (SSSR count). The van der Waals surface area contributed by atoms with E-state index in [1.807, 2.05) is 0 Å². The Balaban J connectivity index is 1.81. The first kappa shape index (κ1) is 10.3. The molecule has 0 amide bonds. The number of hydrogen-bond acceptors (Lipinski definition) is 2. The lowest BCUT2D eigenvalue weighted by Gasteiger charge is -2.45. The van der Waals surface area contributed by atoms with Crippen molar-refractivity contribution in [3.63, 3.8) is 0 Å². The van der Waals surface area contributed by atoms with Crippen molar-refractivity contribution in [2.75, 3.05) is 19.6 Å². The minimum absolute atomic E-state index is 0.153. The van der Waals surface area contributed by atoms with Crippen molar-refractivity contribution in [1.82, 2.24) is 4.90 Å². The van der Waals surface area contributed by atoms with Gasteiger partial charge >= 0.3 is 0 Å². The topological polar surface area (TPSA) is 23.5 Å². The Morgan fingerprint density at radius 3 is 2.31 bits per heavy atom. The van der Waals surface area contributed by atoms with Gasteiger partial charge in [0.25, 0.3) is 0 Å². The van der Waals surface area contributed by atoms with Gasteiger partial charge in [-0.05, 0) is 48.9 Å². The number of fused-ring (bicyclic) bond motifs is 3. The van der Waals surface area contributed by atoms with E-state index in [2.05, 4.69) is 29.2 Å². The van der Waals surface area contributed by atoms with Crippen molar-refractivity contribution in [1.29, 1.82) is 0 Å². The van der Waals surface area contributed by atoms with Crippen LogP contribution in [0.5, 0.6) is 0 Å². The highest BCUT2D eigenvalue weighted by atomic mass is 16.3. The lowest BCUT2D eigenvalue weighted by atomic mass is 9.75. The maximum atomic E-state index is 9.04. The first-order valence-electron chi connectivity index (χ1n) is 6.29. The van der Waals surface area contributed by atoms with Crippen LogP contribution >= 0.6 is 0 Å². The number of hydrogen-bond donors (Lipinski definition) is 1. The van der Waals surface area contributed by atoms with E-state index in [0.717, 1.165) is 17.4 Å². The Morgan fingerprint density at radius 1 is 1.12 bits per heavy atom. The molecule has 3 aliphatic heterocycles. The molecule has 0 aromatic heterocycles. The number of aliphatic hydroxyl groups is 1. The van der Waals surface area contributed by atoms with E-state index < -0.39 is 0 Å². The zero-order valence-corrected chi connectivity index (χ0v) is 9.60. The molecular formula is C14H19NO. The van der Waals surface area contributed by atoms with Crippen LogP contribution in [0.15, 0.2) is 24.3 Å². The van der Waals surface area contributed by atoms with Crippen LogP contribution in [0.3, 0.4) is 0 Å². The van der Waals surface area contributed by atoms with Gasteiger partial charge in [0.1, 0.15) is 0 Å². The fourth-order valence-electron chi connectivity index (χ4n) is 3.21. The molecule has 3 heterocycles. The van der Waals surface area contributed by atoms with Crippen molar-refractivity contribution in [3.8, 4) is 0 Å². The second-order valence-corrected chi connectivity index (χ2v) is 5.14. The second kappa shape index (κ2) is 4.19. The van der Waals surface area contributed by atoms with Gasteiger partial charge in [0, 0.05) is 6.54 Å². The fourth-order valence-corrected chi connectivity index (χ4v) is 3.21. The minimum atomic E-state index is 0.153. The highest BCUT2D eigenvalue weighted by molar-refractivity contribution is 5.26. The van der Waals surface area contributed by atoms with Crippen LogP contribution in [-0.4, -0.2) is 29.6 Å². The van der Waals surface area contributed by atoms with E-state index >= 15 is 0 Å². The maximum absolute atomic E-state index is 9.04. The molecule has 86 valence electrons. The summed E-state index contributed by atoms with van der Waals surface area (Å²) in [5, 5.41) is 9.04. The monoisotopic (exact) mass is 217 g/mol. The second-order valence-electron chi connectivity index (χ2n) is 5.14. The first-order valence-corrected chi connectivity index (χ1v) is 6.29. The third kappa shape index (κ3) is 1.76. The van der Waals surface area contributed by atoms with Crippen LogP contribution in [0.2, 0.25) is 0 Å². The van der Waals surface area contributed by atoms with Gasteiger partial charge in [0.2, 0.25) is 0 Å². The summed E-state index contributed by atoms with van der Waals surface area (Å²) in [6.07, 6.45) is 2.73. The smallest absolute Gasteiger partial charge is 0.0681 e. The number of benzene rings is 1. The molecule has 1 N–H and O–H groups in total. The fraction of sp³-hybridized carbons (Fsp3) is 0.571. The molecule has 0 aliphatic carbocycles. The molecule has 3 saturated heterocycles. The Labute approximate surface area is 96.9 Å². The third-order valence-electron chi connectivity index (χ3n) is 4.25. The lowest BCUT2D eigenvalue weighted by Crippen LogP contribution is -2.46. The van der Waals surface area contributed by atoms with Crippen LogP contribution in [-0.2, 0) is 6.61 Å². The molecule has 2 bridgehead atoms. The molecule has 1 aromatic carbocycles. The van der Waals surface area contributed by atoms with Crippen LogP contribution < -0.4 is 0 Å². The van der Waals surface area contributed by atoms with Crippen molar-refractivity contribution in [2.24, 2.45) is 5.92 Å². The summed E-state index contributed by atoms with van der Waals surface area (Å²) >= 11 is 0. The molecule has 3 fully saturated rings. The molecule has 0 saturated carbocycles. The van der Waals surface area contributed by atoms with Gasteiger partial charge in [0.15, 0.2) is 0 Å². The van der Waals surface area contributed by atoms with Gasteiger partial charge in [-0.15, -0.1) is 0 Å². The molecule has 2 heteroatoms. The molecule has 1 unspecified atom stereocenters. The Hall–Kier alpha value is -0.860. The van der Waals surface area contributed by atoms with Crippen molar-refractivity contribution in [2.45, 2.75) is 25.4 Å². The van der Waals surface area contributed by atoms with Gasteiger partial charge in [-0.25, -0.2) is 0 Å². The van der Waals surface area contributed by atoms with Gasteiger partial charge in [-0.1, -0.05) is 24.3 Å². The highest BCUT2D eigenvalue weighted by Gasteiger charge is 2.34. The minimum Gasteiger partial charge on any atom is -0.392 e. The van der Waals surface area contributed by atoms with E-state index in [4.69, 9.17) is 5.11 Å². The molecule has 0 spiro atoms. The zero-order valence-electron chi connectivity index (χ0n) is 9.60. The lowest BCUT2D eigenvalue weighted by molar-refractivity contribution is 0.0871.